The molecule has 2 aromatic rings. The van der Waals surface area contributed by atoms with Crippen molar-refractivity contribution in [3.63, 3.8) is 0 Å². The molecule has 0 amide bonds. The lowest BCUT2D eigenvalue weighted by Gasteiger charge is -2.29. The number of H-pyrrole nitrogens is 1. The molecule has 0 spiro atoms. The van der Waals surface area contributed by atoms with E-state index in [-0.39, 0.29) is 0 Å². The van der Waals surface area contributed by atoms with Crippen molar-refractivity contribution in [2.75, 3.05) is 31.3 Å². The van der Waals surface area contributed by atoms with Crippen LogP contribution in [0.2, 0.25) is 0 Å². The molecule has 1 N–H and O–H groups in total. The molecule has 0 saturated carbocycles. The second kappa shape index (κ2) is 4.12. The smallest absolute Gasteiger partial charge is 0.198 e. The van der Waals surface area contributed by atoms with Crippen molar-refractivity contribution in [1.29, 1.82) is 0 Å². The van der Waals surface area contributed by atoms with Crippen molar-refractivity contribution in [3.8, 4) is 0 Å². The molecule has 0 unspecified atom stereocenters. The van der Waals surface area contributed by atoms with E-state index < -0.39 is 0 Å². The molecule has 1 saturated heterocycles. The van der Waals surface area contributed by atoms with Crippen molar-refractivity contribution in [2.24, 2.45) is 0 Å². The molecule has 0 aromatic carbocycles. The van der Waals surface area contributed by atoms with Crippen LogP contribution in [-0.2, 0) is 4.74 Å². The number of ether oxygens (including phenoxy) is 1. The number of nitrogens with zero attached hydrogens (tertiary/aromatic N) is 3. The molecule has 1 aliphatic rings. The number of pyridine rings is 1. The van der Waals surface area contributed by atoms with Gasteiger partial charge in [-0.15, -0.1) is 0 Å². The molecule has 1 aliphatic heterocycles. The van der Waals surface area contributed by atoms with E-state index in [9.17, 15) is 0 Å². The zero-order valence-electron chi connectivity index (χ0n) is 9.64. The van der Waals surface area contributed by atoms with Crippen LogP contribution in [-0.4, -0.2) is 40.9 Å². The van der Waals surface area contributed by atoms with E-state index in [1.54, 1.807) is 0 Å². The molecule has 1 fully saturated rings. The van der Waals surface area contributed by atoms with E-state index in [1.807, 2.05) is 23.7 Å². The van der Waals surface area contributed by atoms with Gasteiger partial charge in [0, 0.05) is 5.69 Å². The van der Waals surface area contributed by atoms with Gasteiger partial charge < -0.3 is 14.7 Å². The monoisotopic (exact) mass is 250 g/mol. The number of morpholine rings is 1. The maximum Gasteiger partial charge on any atom is 0.198 e. The number of aromatic nitrogens is 3. The standard InChI is InChI=1S/C11H14N4OS/c1-8-2-3-9-10(12-8)15(11(17)13-9)14-4-6-16-7-5-14/h2-3H,4-7H2,1H3,(H,13,17). The second-order valence-corrected chi connectivity index (χ2v) is 4.52. The number of fused-ring (bicyclic) bond motifs is 1. The summed E-state index contributed by atoms with van der Waals surface area (Å²) in [4.78, 5) is 7.74. The number of rotatable bonds is 1. The largest absolute Gasteiger partial charge is 0.378 e. The van der Waals surface area contributed by atoms with Gasteiger partial charge in [0.25, 0.3) is 0 Å². The highest BCUT2D eigenvalue weighted by atomic mass is 32.1. The summed E-state index contributed by atoms with van der Waals surface area (Å²) >= 11 is 5.36. The predicted molar refractivity (Wildman–Crippen MR) is 68.4 cm³/mol. The first-order valence-electron chi connectivity index (χ1n) is 5.67. The second-order valence-electron chi connectivity index (χ2n) is 4.13. The highest BCUT2D eigenvalue weighted by Gasteiger charge is 2.15. The number of imidazole rings is 1. The predicted octanol–water partition coefficient (Wildman–Crippen LogP) is 1.37. The maximum absolute atomic E-state index is 5.36. The maximum atomic E-state index is 5.36. The van der Waals surface area contributed by atoms with Crippen LogP contribution in [0.1, 0.15) is 5.69 Å². The zero-order valence-corrected chi connectivity index (χ0v) is 10.5. The molecule has 17 heavy (non-hydrogen) atoms. The molecular weight excluding hydrogens is 236 g/mol. The van der Waals surface area contributed by atoms with E-state index in [4.69, 9.17) is 17.0 Å². The lowest BCUT2D eigenvalue weighted by Crippen LogP contribution is -2.44. The summed E-state index contributed by atoms with van der Waals surface area (Å²) in [5.41, 5.74) is 2.87. The summed E-state index contributed by atoms with van der Waals surface area (Å²) in [6.45, 7) is 5.15. The summed E-state index contributed by atoms with van der Waals surface area (Å²) in [5, 5.41) is 2.18. The summed E-state index contributed by atoms with van der Waals surface area (Å²) in [7, 11) is 0. The Labute approximate surface area is 104 Å². The highest BCUT2D eigenvalue weighted by molar-refractivity contribution is 7.71. The minimum Gasteiger partial charge on any atom is -0.378 e. The fraction of sp³-hybridized carbons (Fsp3) is 0.455. The van der Waals surface area contributed by atoms with Gasteiger partial charge in [0.1, 0.15) is 0 Å². The first-order valence-corrected chi connectivity index (χ1v) is 6.08. The highest BCUT2D eigenvalue weighted by Crippen LogP contribution is 2.13. The van der Waals surface area contributed by atoms with Gasteiger partial charge in [0.2, 0.25) is 0 Å². The molecule has 2 aromatic heterocycles. The molecule has 90 valence electrons. The van der Waals surface area contributed by atoms with Gasteiger partial charge in [0.05, 0.1) is 31.8 Å². The third-order valence-corrected chi connectivity index (χ3v) is 3.19. The lowest BCUT2D eigenvalue weighted by molar-refractivity contribution is 0.111. The number of nitrogens with one attached hydrogen (secondary N) is 1. The van der Waals surface area contributed by atoms with E-state index >= 15 is 0 Å². The van der Waals surface area contributed by atoms with Crippen LogP contribution in [0.5, 0.6) is 0 Å². The molecule has 5 nitrogen and oxygen atoms in total. The zero-order chi connectivity index (χ0) is 11.8. The van der Waals surface area contributed by atoms with E-state index in [0.717, 1.165) is 43.2 Å². The van der Waals surface area contributed by atoms with Crippen LogP contribution in [0.15, 0.2) is 12.1 Å². The minimum absolute atomic E-state index is 0.694. The summed E-state index contributed by atoms with van der Waals surface area (Å²) in [5.74, 6) is 0. The van der Waals surface area contributed by atoms with Crippen LogP contribution >= 0.6 is 12.2 Å². The van der Waals surface area contributed by atoms with Crippen molar-refractivity contribution in [3.05, 3.63) is 22.6 Å². The number of aryl methyl sites for hydroxylation is 1. The molecular formula is C11H14N4OS. The average molecular weight is 250 g/mol. The van der Waals surface area contributed by atoms with Gasteiger partial charge in [-0.05, 0) is 31.3 Å². The van der Waals surface area contributed by atoms with E-state index in [2.05, 4.69) is 15.0 Å². The molecule has 0 aliphatic carbocycles. The molecule has 0 radical (unpaired) electrons. The summed E-state index contributed by atoms with van der Waals surface area (Å²) < 4.78 is 8.03. The Hall–Kier alpha value is -1.40. The summed E-state index contributed by atoms with van der Waals surface area (Å²) in [6, 6.07) is 4.00. The van der Waals surface area contributed by atoms with Gasteiger partial charge in [-0.3, -0.25) is 0 Å². The third kappa shape index (κ3) is 1.83. The quantitative estimate of drug-likeness (QED) is 0.777. The Morgan fingerprint density at radius 3 is 2.88 bits per heavy atom. The van der Waals surface area contributed by atoms with E-state index in [1.165, 1.54) is 0 Å². The van der Waals surface area contributed by atoms with Crippen LogP contribution in [0, 0.1) is 11.7 Å². The first-order chi connectivity index (χ1) is 8.25. The number of hydrogen-bond donors (Lipinski definition) is 1. The Morgan fingerprint density at radius 1 is 1.35 bits per heavy atom. The van der Waals surface area contributed by atoms with Crippen LogP contribution in [0.4, 0.5) is 0 Å². The molecule has 6 heteroatoms. The van der Waals surface area contributed by atoms with Gasteiger partial charge in [-0.25, -0.2) is 9.66 Å². The molecule has 0 atom stereocenters. The Bertz CT molecular complexity index is 597. The van der Waals surface area contributed by atoms with Gasteiger partial charge in [0.15, 0.2) is 10.4 Å². The van der Waals surface area contributed by atoms with Gasteiger partial charge in [-0.1, -0.05) is 0 Å². The van der Waals surface area contributed by atoms with Gasteiger partial charge >= 0.3 is 0 Å². The van der Waals surface area contributed by atoms with Crippen LogP contribution in [0.25, 0.3) is 11.2 Å². The minimum atomic E-state index is 0.694. The lowest BCUT2D eigenvalue weighted by atomic mass is 10.3. The first kappa shape index (κ1) is 10.7. The Kier molecular flexibility index (Phi) is 2.60. The topological polar surface area (TPSA) is 46.1 Å². The van der Waals surface area contributed by atoms with Crippen LogP contribution in [0.3, 0.4) is 0 Å². The number of aromatic amines is 1. The SMILES string of the molecule is Cc1ccc2[nH]c(=S)n(N3CCOCC3)c2n1. The van der Waals surface area contributed by atoms with Crippen molar-refractivity contribution >= 4 is 23.4 Å². The normalized spacial score (nSPS) is 16.6. The molecule has 3 rings (SSSR count). The Balaban J connectivity index is 2.16. The molecule has 3 heterocycles. The fourth-order valence-electron chi connectivity index (χ4n) is 2.08. The van der Waals surface area contributed by atoms with E-state index in [0.29, 0.717) is 4.77 Å². The van der Waals surface area contributed by atoms with Gasteiger partial charge in [-0.2, -0.15) is 0 Å². The Morgan fingerprint density at radius 2 is 2.12 bits per heavy atom. The number of hydrogen-bond acceptors (Lipinski definition) is 4. The van der Waals surface area contributed by atoms with Crippen molar-refractivity contribution < 1.29 is 4.74 Å². The van der Waals surface area contributed by atoms with Crippen LogP contribution < -0.4 is 5.01 Å². The average Bonchev–Trinajstić information content (AvgIpc) is 2.65. The van der Waals surface area contributed by atoms with Crippen molar-refractivity contribution in [1.82, 2.24) is 14.6 Å². The third-order valence-electron chi connectivity index (χ3n) is 2.92. The van der Waals surface area contributed by atoms with Crippen molar-refractivity contribution in [2.45, 2.75) is 6.92 Å². The summed E-state index contributed by atoms with van der Waals surface area (Å²) in [6.07, 6.45) is 0. The fourth-order valence-corrected chi connectivity index (χ4v) is 2.39. The molecule has 0 bridgehead atoms.